The fourth-order valence-electron chi connectivity index (χ4n) is 3.24. The molecule has 0 aliphatic rings. The first-order valence-electron chi connectivity index (χ1n) is 9.93. The second-order valence-corrected chi connectivity index (χ2v) is 9.37. The summed E-state index contributed by atoms with van der Waals surface area (Å²) in [5.74, 6) is 2.07. The maximum Gasteiger partial charge on any atom is 0.272 e. The van der Waals surface area contributed by atoms with Crippen LogP contribution in [-0.2, 0) is 12.3 Å². The van der Waals surface area contributed by atoms with Crippen LogP contribution in [0.5, 0.6) is 5.75 Å². The molecule has 0 radical (unpaired) electrons. The van der Waals surface area contributed by atoms with E-state index in [0.29, 0.717) is 44.4 Å². The third kappa shape index (κ3) is 4.66. The number of rotatable bonds is 7. The zero-order valence-electron chi connectivity index (χ0n) is 17.4. The molecular formula is C23H17ClN4O3S2. The number of thiophene rings is 1. The van der Waals surface area contributed by atoms with Crippen LogP contribution >= 0.6 is 34.7 Å². The van der Waals surface area contributed by atoms with Gasteiger partial charge in [-0.15, -0.1) is 11.3 Å². The van der Waals surface area contributed by atoms with E-state index in [9.17, 15) is 4.79 Å². The zero-order valence-corrected chi connectivity index (χ0v) is 19.8. The average molecular weight is 497 g/mol. The van der Waals surface area contributed by atoms with Crippen molar-refractivity contribution in [2.75, 3.05) is 7.11 Å². The Morgan fingerprint density at radius 1 is 1.09 bits per heavy atom. The topological polar surface area (TPSA) is 83.0 Å². The molecule has 0 aliphatic carbocycles. The number of nitrogens with zero attached hydrogens (tertiary/aromatic N) is 4. The first-order chi connectivity index (χ1) is 16.1. The maximum atomic E-state index is 13.2. The molecule has 0 amide bonds. The normalized spacial score (nSPS) is 11.2. The summed E-state index contributed by atoms with van der Waals surface area (Å²) in [7, 11) is 1.62. The van der Waals surface area contributed by atoms with Crippen molar-refractivity contribution in [1.82, 2.24) is 19.7 Å². The standard InChI is InChI=1S/C23H17ClN4O3S2/c1-30-17-8-2-14(3-9-17)12-28-22(29)20-18(10-11-32-20)25-23(28)33-13-19-26-21(27-31-19)15-4-6-16(24)7-5-15/h2-11H,12-13H2,1H3. The molecule has 2 aromatic carbocycles. The lowest BCUT2D eigenvalue weighted by atomic mass is 10.2. The van der Waals surface area contributed by atoms with Crippen molar-refractivity contribution < 1.29 is 9.26 Å². The number of halogens is 1. The van der Waals surface area contributed by atoms with Crippen LogP contribution in [0.15, 0.2) is 74.5 Å². The molecule has 33 heavy (non-hydrogen) atoms. The van der Waals surface area contributed by atoms with Gasteiger partial charge in [0, 0.05) is 10.6 Å². The Labute approximate surface area is 202 Å². The highest BCUT2D eigenvalue weighted by Crippen LogP contribution is 2.26. The maximum absolute atomic E-state index is 13.2. The van der Waals surface area contributed by atoms with Gasteiger partial charge in [-0.3, -0.25) is 9.36 Å². The Bertz CT molecular complexity index is 1460. The molecule has 0 spiro atoms. The second kappa shape index (κ2) is 9.38. The smallest absolute Gasteiger partial charge is 0.272 e. The molecule has 0 saturated heterocycles. The number of fused-ring (bicyclic) bond motifs is 1. The molecule has 10 heteroatoms. The van der Waals surface area contributed by atoms with Crippen LogP contribution in [-0.4, -0.2) is 26.8 Å². The fourth-order valence-corrected chi connectivity index (χ4v) is 4.98. The first kappa shape index (κ1) is 21.7. The van der Waals surface area contributed by atoms with E-state index in [0.717, 1.165) is 16.9 Å². The second-order valence-electron chi connectivity index (χ2n) is 7.08. The highest BCUT2D eigenvalue weighted by atomic mass is 35.5. The summed E-state index contributed by atoms with van der Waals surface area (Å²) in [6.45, 7) is 0.395. The van der Waals surface area contributed by atoms with Gasteiger partial charge in [-0.05, 0) is 53.4 Å². The van der Waals surface area contributed by atoms with E-state index in [-0.39, 0.29) is 5.56 Å². The molecule has 0 saturated carbocycles. The monoisotopic (exact) mass is 496 g/mol. The van der Waals surface area contributed by atoms with Crippen LogP contribution in [0, 0.1) is 0 Å². The fraction of sp³-hybridized carbons (Fsp3) is 0.130. The van der Waals surface area contributed by atoms with E-state index >= 15 is 0 Å². The molecule has 0 aliphatic heterocycles. The third-order valence-electron chi connectivity index (χ3n) is 4.93. The summed E-state index contributed by atoms with van der Waals surface area (Å²) in [5.41, 5.74) is 2.40. The molecule has 5 rings (SSSR count). The Morgan fingerprint density at radius 3 is 2.64 bits per heavy atom. The molecule has 166 valence electrons. The summed E-state index contributed by atoms with van der Waals surface area (Å²) < 4.78 is 13.0. The molecule has 0 bridgehead atoms. The molecule has 5 aromatic rings. The van der Waals surface area contributed by atoms with Crippen molar-refractivity contribution in [3.63, 3.8) is 0 Å². The SMILES string of the molecule is COc1ccc(Cn2c(SCc3nc(-c4ccc(Cl)cc4)no3)nc3ccsc3c2=O)cc1. The van der Waals surface area contributed by atoms with Gasteiger partial charge in [0.25, 0.3) is 5.56 Å². The number of hydrogen-bond donors (Lipinski definition) is 0. The minimum atomic E-state index is -0.0688. The molecule has 0 N–H and O–H groups in total. The van der Waals surface area contributed by atoms with Crippen molar-refractivity contribution in [3.05, 3.63) is 86.8 Å². The first-order valence-corrected chi connectivity index (χ1v) is 12.2. The van der Waals surface area contributed by atoms with Crippen molar-refractivity contribution in [2.45, 2.75) is 17.5 Å². The third-order valence-corrected chi connectivity index (χ3v) is 7.03. The lowest BCUT2D eigenvalue weighted by Crippen LogP contribution is -2.23. The van der Waals surface area contributed by atoms with Gasteiger partial charge in [-0.1, -0.05) is 40.7 Å². The number of benzene rings is 2. The van der Waals surface area contributed by atoms with E-state index in [1.807, 2.05) is 47.8 Å². The van der Waals surface area contributed by atoms with E-state index in [1.54, 1.807) is 23.8 Å². The number of thioether (sulfide) groups is 1. The van der Waals surface area contributed by atoms with Gasteiger partial charge >= 0.3 is 0 Å². The van der Waals surface area contributed by atoms with Gasteiger partial charge in [-0.2, -0.15) is 4.98 Å². The van der Waals surface area contributed by atoms with Crippen molar-refractivity contribution in [1.29, 1.82) is 0 Å². The summed E-state index contributed by atoms with van der Waals surface area (Å²) in [4.78, 5) is 22.4. The van der Waals surface area contributed by atoms with Crippen LogP contribution in [0.4, 0.5) is 0 Å². The minimum absolute atomic E-state index is 0.0688. The van der Waals surface area contributed by atoms with Crippen LogP contribution in [0.1, 0.15) is 11.5 Å². The molecule has 0 unspecified atom stereocenters. The quantitative estimate of drug-likeness (QED) is 0.217. The van der Waals surface area contributed by atoms with Gasteiger partial charge in [0.2, 0.25) is 11.7 Å². The lowest BCUT2D eigenvalue weighted by Gasteiger charge is -2.12. The summed E-state index contributed by atoms with van der Waals surface area (Å²) >= 11 is 8.73. The summed E-state index contributed by atoms with van der Waals surface area (Å²) in [6.07, 6.45) is 0. The van der Waals surface area contributed by atoms with Gasteiger partial charge in [0.1, 0.15) is 10.4 Å². The van der Waals surface area contributed by atoms with Crippen LogP contribution in [0.2, 0.25) is 5.02 Å². The Kier molecular flexibility index (Phi) is 6.17. The van der Waals surface area contributed by atoms with Crippen LogP contribution in [0.3, 0.4) is 0 Å². The largest absolute Gasteiger partial charge is 0.497 e. The van der Waals surface area contributed by atoms with E-state index in [2.05, 4.69) is 10.1 Å². The highest BCUT2D eigenvalue weighted by molar-refractivity contribution is 7.98. The van der Waals surface area contributed by atoms with E-state index in [1.165, 1.54) is 23.1 Å². The Hall–Kier alpha value is -3.14. The van der Waals surface area contributed by atoms with Crippen molar-refractivity contribution >= 4 is 44.9 Å². The van der Waals surface area contributed by atoms with Crippen LogP contribution < -0.4 is 10.3 Å². The molecule has 7 nitrogen and oxygen atoms in total. The molecule has 0 atom stereocenters. The van der Waals surface area contributed by atoms with E-state index in [4.69, 9.17) is 25.8 Å². The molecular weight excluding hydrogens is 480 g/mol. The highest BCUT2D eigenvalue weighted by Gasteiger charge is 2.16. The van der Waals surface area contributed by atoms with Gasteiger partial charge in [0.05, 0.1) is 24.9 Å². The Balaban J connectivity index is 1.42. The van der Waals surface area contributed by atoms with Gasteiger partial charge in [0.15, 0.2) is 5.16 Å². The predicted octanol–water partition coefficient (Wildman–Crippen LogP) is 5.51. The summed E-state index contributed by atoms with van der Waals surface area (Å²) in [5, 5.41) is 7.16. The zero-order chi connectivity index (χ0) is 22.8. The lowest BCUT2D eigenvalue weighted by molar-refractivity contribution is 0.391. The van der Waals surface area contributed by atoms with E-state index < -0.39 is 0 Å². The van der Waals surface area contributed by atoms with Gasteiger partial charge in [-0.25, -0.2) is 4.98 Å². The van der Waals surface area contributed by atoms with Crippen LogP contribution in [0.25, 0.3) is 21.6 Å². The number of ether oxygens (including phenoxy) is 1. The Morgan fingerprint density at radius 2 is 1.88 bits per heavy atom. The molecule has 3 heterocycles. The van der Waals surface area contributed by atoms with Gasteiger partial charge < -0.3 is 9.26 Å². The minimum Gasteiger partial charge on any atom is -0.497 e. The molecule has 3 aromatic heterocycles. The number of methoxy groups -OCH3 is 1. The predicted molar refractivity (Wildman–Crippen MR) is 130 cm³/mol. The average Bonchev–Trinajstić information content (AvgIpc) is 3.50. The number of hydrogen-bond acceptors (Lipinski definition) is 8. The number of aromatic nitrogens is 4. The molecule has 0 fully saturated rings. The van der Waals surface area contributed by atoms with Crippen molar-refractivity contribution in [3.8, 4) is 17.1 Å². The summed E-state index contributed by atoms with van der Waals surface area (Å²) in [6, 6.07) is 16.7. The van der Waals surface area contributed by atoms with Crippen molar-refractivity contribution in [2.24, 2.45) is 0 Å².